The van der Waals surface area contributed by atoms with Gasteiger partial charge in [0.1, 0.15) is 0 Å². The average Bonchev–Trinajstić information content (AvgIpc) is 2.19. The molecule has 0 heterocycles. The van der Waals surface area contributed by atoms with E-state index < -0.39 is 0 Å². The van der Waals surface area contributed by atoms with Crippen molar-refractivity contribution in [3.05, 3.63) is 35.4 Å². The van der Waals surface area contributed by atoms with Gasteiger partial charge in [-0.2, -0.15) is 0 Å². The standard InChI is InChI=1S/C14H22O/c1-5-6-12-7-9-13(10-8-12)14(2,3)11-15-4/h7-10H,5-6,11H2,1-4H3. The fraction of sp³-hybridized carbons (Fsp3) is 0.571. The zero-order valence-electron chi connectivity index (χ0n) is 10.3. The maximum Gasteiger partial charge on any atom is 0.0553 e. The summed E-state index contributed by atoms with van der Waals surface area (Å²) in [5.41, 5.74) is 2.89. The molecule has 0 radical (unpaired) electrons. The molecule has 0 aliphatic heterocycles. The van der Waals surface area contributed by atoms with Crippen LogP contribution in [-0.2, 0) is 16.6 Å². The van der Waals surface area contributed by atoms with E-state index in [9.17, 15) is 0 Å². The Hall–Kier alpha value is -0.820. The Morgan fingerprint density at radius 3 is 2.20 bits per heavy atom. The predicted molar refractivity (Wildman–Crippen MR) is 65.3 cm³/mol. The number of hydrogen-bond acceptors (Lipinski definition) is 1. The summed E-state index contributed by atoms with van der Waals surface area (Å²) >= 11 is 0. The molecule has 0 saturated heterocycles. The summed E-state index contributed by atoms with van der Waals surface area (Å²) in [6.07, 6.45) is 2.38. The molecule has 0 aliphatic rings. The average molecular weight is 206 g/mol. The fourth-order valence-electron chi connectivity index (χ4n) is 1.86. The van der Waals surface area contributed by atoms with Crippen LogP contribution in [0.25, 0.3) is 0 Å². The van der Waals surface area contributed by atoms with Crippen LogP contribution < -0.4 is 0 Å². The Balaban J connectivity index is 2.78. The van der Waals surface area contributed by atoms with E-state index in [0.717, 1.165) is 6.61 Å². The van der Waals surface area contributed by atoms with E-state index in [1.165, 1.54) is 24.0 Å². The first kappa shape index (κ1) is 12.3. The van der Waals surface area contributed by atoms with Crippen molar-refractivity contribution < 1.29 is 4.74 Å². The van der Waals surface area contributed by atoms with Crippen LogP contribution in [0.15, 0.2) is 24.3 Å². The van der Waals surface area contributed by atoms with Gasteiger partial charge in [-0.3, -0.25) is 0 Å². The summed E-state index contributed by atoms with van der Waals surface area (Å²) in [7, 11) is 1.76. The number of ether oxygens (including phenoxy) is 1. The van der Waals surface area contributed by atoms with Crippen LogP contribution >= 0.6 is 0 Å². The minimum atomic E-state index is 0.111. The minimum absolute atomic E-state index is 0.111. The summed E-state index contributed by atoms with van der Waals surface area (Å²) in [6, 6.07) is 8.92. The maximum absolute atomic E-state index is 5.24. The molecule has 0 atom stereocenters. The molecule has 84 valence electrons. The smallest absolute Gasteiger partial charge is 0.0553 e. The van der Waals surface area contributed by atoms with Crippen LogP contribution in [0.1, 0.15) is 38.3 Å². The third-order valence-electron chi connectivity index (χ3n) is 2.78. The van der Waals surface area contributed by atoms with Crippen molar-refractivity contribution in [1.82, 2.24) is 0 Å². The quantitative estimate of drug-likeness (QED) is 0.715. The van der Waals surface area contributed by atoms with Gasteiger partial charge in [0.15, 0.2) is 0 Å². The van der Waals surface area contributed by atoms with E-state index in [2.05, 4.69) is 45.0 Å². The van der Waals surface area contributed by atoms with E-state index in [1.807, 2.05) is 0 Å². The van der Waals surface area contributed by atoms with Gasteiger partial charge < -0.3 is 4.74 Å². The molecule has 1 aromatic carbocycles. The van der Waals surface area contributed by atoms with Gasteiger partial charge in [0.2, 0.25) is 0 Å². The molecule has 1 rings (SSSR count). The molecule has 0 saturated carbocycles. The third-order valence-corrected chi connectivity index (χ3v) is 2.78. The van der Waals surface area contributed by atoms with Crippen molar-refractivity contribution in [3.63, 3.8) is 0 Å². The first-order valence-corrected chi connectivity index (χ1v) is 5.68. The van der Waals surface area contributed by atoms with Crippen molar-refractivity contribution in [2.45, 2.75) is 39.0 Å². The van der Waals surface area contributed by atoms with Crippen LogP contribution in [0.4, 0.5) is 0 Å². The van der Waals surface area contributed by atoms with E-state index in [1.54, 1.807) is 7.11 Å². The highest BCUT2D eigenvalue weighted by Gasteiger charge is 2.19. The van der Waals surface area contributed by atoms with Gasteiger partial charge in [0.25, 0.3) is 0 Å². The second kappa shape index (κ2) is 5.32. The highest BCUT2D eigenvalue weighted by Crippen LogP contribution is 2.23. The lowest BCUT2D eigenvalue weighted by molar-refractivity contribution is 0.146. The third kappa shape index (κ3) is 3.35. The number of hydrogen-bond donors (Lipinski definition) is 0. The molecule has 0 amide bonds. The number of rotatable bonds is 5. The predicted octanol–water partition coefficient (Wildman–Crippen LogP) is 3.56. The summed E-state index contributed by atoms with van der Waals surface area (Å²) in [5.74, 6) is 0. The Bertz CT molecular complexity index is 285. The Kier molecular flexibility index (Phi) is 4.34. The summed E-state index contributed by atoms with van der Waals surface area (Å²) in [4.78, 5) is 0. The first-order chi connectivity index (χ1) is 7.10. The lowest BCUT2D eigenvalue weighted by atomic mass is 9.85. The van der Waals surface area contributed by atoms with Gasteiger partial charge in [-0.25, -0.2) is 0 Å². The lowest BCUT2D eigenvalue weighted by Gasteiger charge is -2.24. The van der Waals surface area contributed by atoms with Gasteiger partial charge in [-0.05, 0) is 17.5 Å². The van der Waals surface area contributed by atoms with Gasteiger partial charge >= 0.3 is 0 Å². The van der Waals surface area contributed by atoms with E-state index in [0.29, 0.717) is 0 Å². The molecule has 1 aromatic rings. The van der Waals surface area contributed by atoms with Crippen molar-refractivity contribution in [2.75, 3.05) is 13.7 Å². The van der Waals surface area contributed by atoms with Gasteiger partial charge in [-0.1, -0.05) is 51.5 Å². The molecule has 0 bridgehead atoms. The highest BCUT2D eigenvalue weighted by molar-refractivity contribution is 5.28. The molecule has 15 heavy (non-hydrogen) atoms. The fourth-order valence-corrected chi connectivity index (χ4v) is 1.86. The van der Waals surface area contributed by atoms with Crippen LogP contribution in [0.2, 0.25) is 0 Å². The van der Waals surface area contributed by atoms with Crippen LogP contribution in [0.5, 0.6) is 0 Å². The number of benzene rings is 1. The minimum Gasteiger partial charge on any atom is -0.384 e. The number of aryl methyl sites for hydroxylation is 1. The van der Waals surface area contributed by atoms with E-state index in [-0.39, 0.29) is 5.41 Å². The van der Waals surface area contributed by atoms with Gasteiger partial charge in [0, 0.05) is 12.5 Å². The number of methoxy groups -OCH3 is 1. The molecular weight excluding hydrogens is 184 g/mol. The first-order valence-electron chi connectivity index (χ1n) is 5.68. The topological polar surface area (TPSA) is 9.23 Å². The van der Waals surface area contributed by atoms with Crippen molar-refractivity contribution >= 4 is 0 Å². The summed E-state index contributed by atoms with van der Waals surface area (Å²) in [5, 5.41) is 0. The van der Waals surface area contributed by atoms with Gasteiger partial charge in [0.05, 0.1) is 6.61 Å². The molecule has 0 unspecified atom stereocenters. The molecular formula is C14H22O. The van der Waals surface area contributed by atoms with Crippen molar-refractivity contribution in [1.29, 1.82) is 0 Å². The molecule has 0 spiro atoms. The van der Waals surface area contributed by atoms with Crippen molar-refractivity contribution in [2.24, 2.45) is 0 Å². The summed E-state index contributed by atoms with van der Waals surface area (Å²) < 4.78 is 5.24. The van der Waals surface area contributed by atoms with Gasteiger partial charge in [-0.15, -0.1) is 0 Å². The summed E-state index contributed by atoms with van der Waals surface area (Å²) in [6.45, 7) is 7.40. The zero-order chi connectivity index (χ0) is 11.3. The Labute approximate surface area is 93.5 Å². The lowest BCUT2D eigenvalue weighted by Crippen LogP contribution is -2.23. The normalized spacial score (nSPS) is 11.7. The Morgan fingerprint density at radius 2 is 1.73 bits per heavy atom. The van der Waals surface area contributed by atoms with Crippen LogP contribution in [0.3, 0.4) is 0 Å². The van der Waals surface area contributed by atoms with Crippen LogP contribution in [0, 0.1) is 0 Å². The molecule has 0 fully saturated rings. The van der Waals surface area contributed by atoms with Crippen molar-refractivity contribution in [3.8, 4) is 0 Å². The van der Waals surface area contributed by atoms with E-state index >= 15 is 0 Å². The van der Waals surface area contributed by atoms with E-state index in [4.69, 9.17) is 4.74 Å². The highest BCUT2D eigenvalue weighted by atomic mass is 16.5. The molecule has 0 aliphatic carbocycles. The molecule has 1 heteroatoms. The molecule has 0 N–H and O–H groups in total. The monoisotopic (exact) mass is 206 g/mol. The zero-order valence-corrected chi connectivity index (χ0v) is 10.3. The molecule has 1 nitrogen and oxygen atoms in total. The second-order valence-corrected chi connectivity index (χ2v) is 4.76. The molecule has 0 aromatic heterocycles. The Morgan fingerprint density at radius 1 is 1.13 bits per heavy atom. The van der Waals surface area contributed by atoms with Crippen LogP contribution in [-0.4, -0.2) is 13.7 Å². The SMILES string of the molecule is CCCc1ccc(C(C)(C)COC)cc1. The maximum atomic E-state index is 5.24. The largest absolute Gasteiger partial charge is 0.384 e. The second-order valence-electron chi connectivity index (χ2n) is 4.76.